The van der Waals surface area contributed by atoms with E-state index in [9.17, 15) is 18.0 Å². The monoisotopic (exact) mass is 217 g/mol. The summed E-state index contributed by atoms with van der Waals surface area (Å²) in [5.41, 5.74) is 5.09. The largest absolute Gasteiger partial charge is 0.404 e. The first-order chi connectivity index (χ1) is 6.91. The molecule has 15 heavy (non-hydrogen) atoms. The summed E-state index contributed by atoms with van der Waals surface area (Å²) in [6, 6.07) is 5.70. The molecule has 0 aromatic heterocycles. The molecule has 0 heterocycles. The molecule has 0 amide bonds. The van der Waals surface area contributed by atoms with Gasteiger partial charge < -0.3 is 5.73 Å². The molecule has 0 saturated heterocycles. The van der Waals surface area contributed by atoms with Gasteiger partial charge in [-0.3, -0.25) is 4.79 Å². The number of hydrogen-bond donors (Lipinski definition) is 1. The summed E-state index contributed by atoms with van der Waals surface area (Å²) in [4.78, 5) is 11.3. The number of ketones is 1. The van der Waals surface area contributed by atoms with E-state index in [1.54, 1.807) is 18.2 Å². The molecular weight excluding hydrogens is 207 g/mol. The molecule has 0 radical (unpaired) electrons. The van der Waals surface area contributed by atoms with Crippen LogP contribution in [0.25, 0.3) is 0 Å². The van der Waals surface area contributed by atoms with Crippen LogP contribution in [0.3, 0.4) is 0 Å². The second-order valence-electron chi connectivity index (χ2n) is 3.14. The third kappa shape index (κ3) is 3.36. The Morgan fingerprint density at radius 3 is 2.27 bits per heavy atom. The predicted molar refractivity (Wildman–Crippen MR) is 49.4 cm³/mol. The van der Waals surface area contributed by atoms with E-state index < -0.39 is 24.4 Å². The molecular formula is C10H10F3NO. The zero-order chi connectivity index (χ0) is 11.5. The highest BCUT2D eigenvalue weighted by atomic mass is 19.4. The summed E-state index contributed by atoms with van der Waals surface area (Å²) in [5, 5.41) is 0. The number of hydrogen-bond acceptors (Lipinski definition) is 2. The van der Waals surface area contributed by atoms with Crippen LogP contribution in [0.4, 0.5) is 13.2 Å². The molecule has 1 aromatic rings. The fraction of sp³-hybridized carbons (Fsp3) is 0.300. The van der Waals surface area contributed by atoms with Crippen LogP contribution in [-0.4, -0.2) is 18.0 Å². The number of halogens is 3. The van der Waals surface area contributed by atoms with Gasteiger partial charge in [0.15, 0.2) is 5.78 Å². The third-order valence-electron chi connectivity index (χ3n) is 1.92. The van der Waals surface area contributed by atoms with E-state index in [4.69, 9.17) is 5.73 Å². The lowest BCUT2D eigenvalue weighted by Crippen LogP contribution is -2.39. The molecule has 2 N–H and O–H groups in total. The van der Waals surface area contributed by atoms with Crippen LogP contribution < -0.4 is 5.73 Å². The smallest absolute Gasteiger partial charge is 0.320 e. The Hall–Kier alpha value is -1.36. The lowest BCUT2D eigenvalue weighted by atomic mass is 10.0. The maximum Gasteiger partial charge on any atom is 0.404 e. The van der Waals surface area contributed by atoms with Gasteiger partial charge >= 0.3 is 6.18 Å². The van der Waals surface area contributed by atoms with Crippen molar-refractivity contribution in [3.8, 4) is 0 Å². The number of carbonyl (C=O) groups excluding carboxylic acids is 1. The van der Waals surface area contributed by atoms with Gasteiger partial charge in [0.2, 0.25) is 0 Å². The van der Waals surface area contributed by atoms with Crippen molar-refractivity contribution in [1.82, 2.24) is 0 Å². The lowest BCUT2D eigenvalue weighted by Gasteiger charge is -2.14. The average Bonchev–Trinajstić information content (AvgIpc) is 2.17. The minimum Gasteiger partial charge on any atom is -0.320 e. The summed E-state index contributed by atoms with van der Waals surface area (Å²) >= 11 is 0. The summed E-state index contributed by atoms with van der Waals surface area (Å²) in [6.07, 6.45) is -5.24. The van der Waals surface area contributed by atoms with Gasteiger partial charge in [0, 0.05) is 12.0 Å². The second kappa shape index (κ2) is 4.44. The minimum absolute atomic E-state index is 0.247. The van der Waals surface area contributed by atoms with Crippen LogP contribution in [0.1, 0.15) is 16.8 Å². The molecule has 0 unspecified atom stereocenters. The first-order valence-electron chi connectivity index (χ1n) is 4.32. The molecule has 1 aromatic carbocycles. The van der Waals surface area contributed by atoms with Crippen LogP contribution >= 0.6 is 0 Å². The van der Waals surface area contributed by atoms with E-state index in [0.29, 0.717) is 0 Å². The zero-order valence-electron chi connectivity index (χ0n) is 7.79. The molecule has 0 aliphatic carbocycles. The Morgan fingerprint density at radius 2 is 1.80 bits per heavy atom. The van der Waals surface area contributed by atoms with Gasteiger partial charge in [-0.15, -0.1) is 0 Å². The van der Waals surface area contributed by atoms with Crippen LogP contribution in [0, 0.1) is 0 Å². The SMILES string of the molecule is N[C@H](CC(=O)c1ccccc1)C(F)(F)F. The number of carbonyl (C=O) groups is 1. The van der Waals surface area contributed by atoms with E-state index in [2.05, 4.69) is 0 Å². The minimum atomic E-state index is -4.52. The standard InChI is InChI=1S/C10H10F3NO/c11-10(12,13)9(14)6-8(15)7-4-2-1-3-5-7/h1-5,9H,6,14H2/t9-/m1/s1. The average molecular weight is 217 g/mol. The van der Waals surface area contributed by atoms with E-state index in [0.717, 1.165) is 0 Å². The normalized spacial score (nSPS) is 13.6. The molecule has 2 nitrogen and oxygen atoms in total. The Kier molecular flexibility index (Phi) is 3.47. The highest BCUT2D eigenvalue weighted by molar-refractivity contribution is 5.96. The van der Waals surface area contributed by atoms with E-state index in [1.165, 1.54) is 12.1 Å². The Balaban J connectivity index is 2.65. The molecule has 0 spiro atoms. The molecule has 0 fully saturated rings. The van der Waals surface area contributed by atoms with Crippen molar-refractivity contribution in [3.05, 3.63) is 35.9 Å². The lowest BCUT2D eigenvalue weighted by molar-refractivity contribution is -0.146. The van der Waals surface area contributed by atoms with Crippen molar-refractivity contribution < 1.29 is 18.0 Å². The number of alkyl halides is 3. The maximum absolute atomic E-state index is 12.0. The quantitative estimate of drug-likeness (QED) is 0.788. The van der Waals surface area contributed by atoms with E-state index in [1.807, 2.05) is 0 Å². The van der Waals surface area contributed by atoms with Crippen LogP contribution in [0.15, 0.2) is 30.3 Å². The summed E-state index contributed by atoms with van der Waals surface area (Å²) < 4.78 is 36.1. The first kappa shape index (κ1) is 11.7. The fourth-order valence-electron chi connectivity index (χ4n) is 1.06. The summed E-state index contributed by atoms with van der Waals surface area (Å²) in [5.74, 6) is -0.597. The molecule has 5 heteroatoms. The highest BCUT2D eigenvalue weighted by Crippen LogP contribution is 2.21. The van der Waals surface area contributed by atoms with Gasteiger partial charge in [-0.25, -0.2) is 0 Å². The van der Waals surface area contributed by atoms with Gasteiger partial charge in [-0.1, -0.05) is 30.3 Å². The second-order valence-corrected chi connectivity index (χ2v) is 3.14. The molecule has 0 bridgehead atoms. The first-order valence-corrected chi connectivity index (χ1v) is 4.32. The van der Waals surface area contributed by atoms with Crippen molar-refractivity contribution in [3.63, 3.8) is 0 Å². The highest BCUT2D eigenvalue weighted by Gasteiger charge is 2.37. The third-order valence-corrected chi connectivity index (χ3v) is 1.92. The molecule has 0 aliphatic rings. The van der Waals surface area contributed by atoms with Crippen molar-refractivity contribution in [2.24, 2.45) is 5.73 Å². The Morgan fingerprint density at radius 1 is 1.27 bits per heavy atom. The maximum atomic E-state index is 12.0. The van der Waals surface area contributed by atoms with Gasteiger partial charge in [-0.05, 0) is 0 Å². The van der Waals surface area contributed by atoms with Crippen molar-refractivity contribution in [2.45, 2.75) is 18.6 Å². The number of Topliss-reactive ketones (excluding diaryl/α,β-unsaturated/α-hetero) is 1. The van der Waals surface area contributed by atoms with E-state index in [-0.39, 0.29) is 5.56 Å². The number of nitrogens with two attached hydrogens (primary N) is 1. The van der Waals surface area contributed by atoms with E-state index >= 15 is 0 Å². The van der Waals surface area contributed by atoms with Crippen molar-refractivity contribution in [2.75, 3.05) is 0 Å². The Bertz CT molecular complexity index is 334. The number of benzene rings is 1. The van der Waals surface area contributed by atoms with Crippen LogP contribution in [0.5, 0.6) is 0 Å². The Labute approximate surface area is 84.9 Å². The van der Waals surface area contributed by atoms with Crippen molar-refractivity contribution in [1.29, 1.82) is 0 Å². The zero-order valence-corrected chi connectivity index (χ0v) is 7.79. The molecule has 0 aliphatic heterocycles. The van der Waals surface area contributed by atoms with Crippen molar-refractivity contribution >= 4 is 5.78 Å². The summed E-state index contributed by atoms with van der Waals surface area (Å²) in [7, 11) is 0. The van der Waals surface area contributed by atoms with Crippen LogP contribution in [-0.2, 0) is 0 Å². The van der Waals surface area contributed by atoms with Crippen LogP contribution in [0.2, 0.25) is 0 Å². The molecule has 1 atom stereocenters. The molecule has 82 valence electrons. The van der Waals surface area contributed by atoms with Gasteiger partial charge in [0.05, 0.1) is 0 Å². The van der Waals surface area contributed by atoms with Gasteiger partial charge in [0.25, 0.3) is 0 Å². The molecule has 0 saturated carbocycles. The predicted octanol–water partition coefficient (Wildman–Crippen LogP) is 2.15. The molecule has 1 rings (SSSR count). The number of rotatable bonds is 3. The summed E-state index contributed by atoms with van der Waals surface area (Å²) in [6.45, 7) is 0. The topological polar surface area (TPSA) is 43.1 Å². The fourth-order valence-corrected chi connectivity index (χ4v) is 1.06. The van der Waals surface area contributed by atoms with Gasteiger partial charge in [0.1, 0.15) is 6.04 Å². The van der Waals surface area contributed by atoms with Gasteiger partial charge in [-0.2, -0.15) is 13.2 Å².